The predicted octanol–water partition coefficient (Wildman–Crippen LogP) is 3.79. The van der Waals surface area contributed by atoms with E-state index in [1.165, 1.54) is 18.7 Å². The third-order valence-corrected chi connectivity index (χ3v) is 5.20. The fourth-order valence-corrected chi connectivity index (χ4v) is 3.59. The summed E-state index contributed by atoms with van der Waals surface area (Å²) in [6.45, 7) is 4.49. The number of ether oxygens (including phenoxy) is 1. The average molecular weight is 397 g/mol. The van der Waals surface area contributed by atoms with Gasteiger partial charge in [0.1, 0.15) is 22.8 Å². The lowest BCUT2D eigenvalue weighted by Crippen LogP contribution is -2.49. The molecule has 2 aromatic carbocycles. The van der Waals surface area contributed by atoms with Crippen molar-refractivity contribution in [2.45, 2.75) is 6.92 Å². The van der Waals surface area contributed by atoms with Crippen molar-refractivity contribution in [2.24, 2.45) is 0 Å². The number of carbonyl (C=O) groups excluding carboxylic acids is 1. The van der Waals surface area contributed by atoms with Crippen LogP contribution in [0.15, 0.2) is 42.5 Å². The van der Waals surface area contributed by atoms with Gasteiger partial charge in [-0.05, 0) is 25.1 Å². The number of pyridine rings is 1. The zero-order chi connectivity index (χ0) is 20.5. The number of methoxy groups -OCH3 is 1. The first-order chi connectivity index (χ1) is 14.0. The van der Waals surface area contributed by atoms with E-state index >= 15 is 0 Å². The smallest absolute Gasteiger partial charge is 0.272 e. The second-order valence-electron chi connectivity index (χ2n) is 7.11. The zero-order valence-electron chi connectivity index (χ0n) is 16.3. The highest BCUT2D eigenvalue weighted by molar-refractivity contribution is 5.97. The summed E-state index contributed by atoms with van der Waals surface area (Å²) >= 11 is 0. The second kappa shape index (κ2) is 7.66. The summed E-state index contributed by atoms with van der Waals surface area (Å²) in [5.41, 5.74) is 2.33. The van der Waals surface area contributed by atoms with Gasteiger partial charge in [-0.15, -0.1) is 0 Å². The van der Waals surface area contributed by atoms with Crippen LogP contribution >= 0.6 is 0 Å². The Morgan fingerprint density at radius 3 is 2.38 bits per heavy atom. The van der Waals surface area contributed by atoms with Gasteiger partial charge in [-0.3, -0.25) is 4.79 Å². The number of anilines is 1. The maximum absolute atomic E-state index is 14.2. The average Bonchev–Trinajstić information content (AvgIpc) is 2.73. The summed E-state index contributed by atoms with van der Waals surface area (Å²) in [4.78, 5) is 21.0. The van der Waals surface area contributed by atoms with Gasteiger partial charge >= 0.3 is 0 Å². The summed E-state index contributed by atoms with van der Waals surface area (Å²) in [6.07, 6.45) is 0. The summed E-state index contributed by atoms with van der Waals surface area (Å²) in [5.74, 6) is -1.62. The third kappa shape index (κ3) is 3.72. The number of carbonyl (C=O) groups is 1. The normalized spacial score (nSPS) is 14.3. The number of piperazine rings is 1. The Balaban J connectivity index is 1.56. The van der Waals surface area contributed by atoms with Crippen molar-refractivity contribution >= 4 is 22.5 Å². The number of rotatable bonds is 3. The van der Waals surface area contributed by atoms with Crippen molar-refractivity contribution in [1.82, 2.24) is 9.88 Å². The molecule has 0 atom stereocenters. The van der Waals surface area contributed by atoms with Gasteiger partial charge < -0.3 is 14.5 Å². The lowest BCUT2D eigenvalue weighted by atomic mass is 10.1. The topological polar surface area (TPSA) is 45.7 Å². The van der Waals surface area contributed by atoms with E-state index in [1.54, 1.807) is 4.90 Å². The second-order valence-corrected chi connectivity index (χ2v) is 7.11. The monoisotopic (exact) mass is 397 g/mol. The van der Waals surface area contributed by atoms with Crippen molar-refractivity contribution in [1.29, 1.82) is 0 Å². The number of amides is 1. The van der Waals surface area contributed by atoms with E-state index in [1.807, 2.05) is 6.92 Å². The fourth-order valence-electron chi connectivity index (χ4n) is 3.59. The SMILES string of the molecule is COc1cc(C(=O)N2CCN(c3ccc(C)cc3)CC2)nc2c(F)cc(F)cc12. The number of nitrogens with zero attached hydrogens (tertiary/aromatic N) is 3. The lowest BCUT2D eigenvalue weighted by Gasteiger charge is -2.36. The molecule has 3 aromatic rings. The number of benzene rings is 2. The number of halogens is 2. The number of aromatic nitrogens is 1. The molecule has 0 spiro atoms. The molecule has 7 heteroatoms. The summed E-state index contributed by atoms with van der Waals surface area (Å²) in [5, 5.41) is 0.200. The maximum atomic E-state index is 14.2. The van der Waals surface area contributed by atoms with Crippen LogP contribution in [0.25, 0.3) is 10.9 Å². The van der Waals surface area contributed by atoms with Crippen LogP contribution in [0.1, 0.15) is 16.1 Å². The Morgan fingerprint density at radius 2 is 1.72 bits per heavy atom. The largest absolute Gasteiger partial charge is 0.496 e. The van der Waals surface area contributed by atoms with Crippen molar-refractivity contribution in [3.05, 3.63) is 65.4 Å². The standard InChI is InChI=1S/C22H21F2N3O2/c1-14-3-5-16(6-4-14)26-7-9-27(10-8-26)22(28)19-13-20(29-2)17-11-15(23)12-18(24)21(17)25-19/h3-6,11-13H,7-10H2,1-2H3. The molecule has 0 bridgehead atoms. The molecule has 1 fully saturated rings. The molecular weight excluding hydrogens is 376 g/mol. The molecule has 1 aliphatic rings. The Kier molecular flexibility index (Phi) is 5.05. The molecule has 1 aromatic heterocycles. The van der Waals surface area contributed by atoms with Crippen LogP contribution < -0.4 is 9.64 Å². The number of aryl methyl sites for hydroxylation is 1. The van der Waals surface area contributed by atoms with Gasteiger partial charge in [0.15, 0.2) is 5.82 Å². The van der Waals surface area contributed by atoms with E-state index in [9.17, 15) is 13.6 Å². The summed E-state index contributed by atoms with van der Waals surface area (Å²) in [7, 11) is 1.40. The van der Waals surface area contributed by atoms with E-state index in [-0.39, 0.29) is 28.3 Å². The van der Waals surface area contributed by atoms with Gasteiger partial charge in [0.25, 0.3) is 5.91 Å². The van der Waals surface area contributed by atoms with Crippen LogP contribution in [0.4, 0.5) is 14.5 Å². The lowest BCUT2D eigenvalue weighted by molar-refractivity contribution is 0.0741. The molecule has 1 saturated heterocycles. The van der Waals surface area contributed by atoms with Crippen LogP contribution in [0.5, 0.6) is 5.75 Å². The molecule has 0 saturated carbocycles. The highest BCUT2D eigenvalue weighted by Gasteiger charge is 2.25. The third-order valence-electron chi connectivity index (χ3n) is 5.20. The van der Waals surface area contributed by atoms with Crippen molar-refractivity contribution in [3.63, 3.8) is 0 Å². The minimum Gasteiger partial charge on any atom is -0.496 e. The minimum absolute atomic E-state index is 0.0765. The van der Waals surface area contributed by atoms with E-state index in [0.29, 0.717) is 26.2 Å². The molecular formula is C22H21F2N3O2. The molecule has 0 radical (unpaired) electrons. The van der Waals surface area contributed by atoms with Gasteiger partial charge in [-0.2, -0.15) is 0 Å². The molecule has 5 nitrogen and oxygen atoms in total. The molecule has 2 heterocycles. The van der Waals surface area contributed by atoms with E-state index in [0.717, 1.165) is 17.8 Å². The molecule has 0 aliphatic carbocycles. The first-order valence-corrected chi connectivity index (χ1v) is 9.41. The highest BCUT2D eigenvalue weighted by Crippen LogP contribution is 2.29. The van der Waals surface area contributed by atoms with E-state index in [2.05, 4.69) is 34.1 Å². The van der Waals surface area contributed by atoms with E-state index in [4.69, 9.17) is 4.74 Å². The van der Waals surface area contributed by atoms with Crippen LogP contribution in [0.2, 0.25) is 0 Å². The van der Waals surface area contributed by atoms with E-state index < -0.39 is 11.6 Å². The van der Waals surface area contributed by atoms with Crippen LogP contribution in [-0.4, -0.2) is 49.1 Å². The maximum Gasteiger partial charge on any atom is 0.272 e. The molecule has 1 aliphatic heterocycles. The molecule has 0 N–H and O–H groups in total. The Hall–Kier alpha value is -3.22. The van der Waals surface area contributed by atoms with Gasteiger partial charge in [0, 0.05) is 49.4 Å². The minimum atomic E-state index is -0.822. The summed E-state index contributed by atoms with van der Waals surface area (Å²) < 4.78 is 33.0. The summed E-state index contributed by atoms with van der Waals surface area (Å²) in [6, 6.07) is 11.6. The highest BCUT2D eigenvalue weighted by atomic mass is 19.1. The first-order valence-electron chi connectivity index (χ1n) is 9.41. The molecule has 29 heavy (non-hydrogen) atoms. The van der Waals surface area contributed by atoms with Gasteiger partial charge in [-0.1, -0.05) is 17.7 Å². The zero-order valence-corrected chi connectivity index (χ0v) is 16.3. The van der Waals surface area contributed by atoms with Crippen molar-refractivity contribution < 1.29 is 18.3 Å². The number of hydrogen-bond donors (Lipinski definition) is 0. The molecule has 0 unspecified atom stereocenters. The molecule has 150 valence electrons. The van der Waals surface area contributed by atoms with Gasteiger partial charge in [0.2, 0.25) is 0 Å². The van der Waals surface area contributed by atoms with Crippen molar-refractivity contribution in [3.8, 4) is 5.75 Å². The van der Waals surface area contributed by atoms with Crippen LogP contribution in [0.3, 0.4) is 0 Å². The first kappa shape index (κ1) is 19.1. The molecule has 4 rings (SSSR count). The van der Waals surface area contributed by atoms with Crippen molar-refractivity contribution in [2.75, 3.05) is 38.2 Å². The number of fused-ring (bicyclic) bond motifs is 1. The fraction of sp³-hybridized carbons (Fsp3) is 0.273. The Bertz CT molecular complexity index is 1060. The van der Waals surface area contributed by atoms with Gasteiger partial charge in [-0.25, -0.2) is 13.8 Å². The molecule has 1 amide bonds. The Morgan fingerprint density at radius 1 is 1.03 bits per heavy atom. The van der Waals surface area contributed by atoms with Crippen LogP contribution in [0, 0.1) is 18.6 Å². The quantitative estimate of drug-likeness (QED) is 0.675. The van der Waals surface area contributed by atoms with Crippen LogP contribution in [-0.2, 0) is 0 Å². The van der Waals surface area contributed by atoms with Gasteiger partial charge in [0.05, 0.1) is 7.11 Å². The number of hydrogen-bond acceptors (Lipinski definition) is 4. The predicted molar refractivity (Wildman–Crippen MR) is 108 cm³/mol. The Labute approximate surface area is 167 Å².